The fraction of sp³-hybridized carbons (Fsp3) is 0.130. The highest BCUT2D eigenvalue weighted by molar-refractivity contribution is 8.18. The molecule has 1 aromatic heterocycles. The molecule has 1 saturated heterocycles. The van der Waals surface area contributed by atoms with Crippen molar-refractivity contribution in [1.29, 1.82) is 0 Å². The van der Waals surface area contributed by atoms with Crippen molar-refractivity contribution in [2.24, 2.45) is 0 Å². The molecule has 2 aromatic carbocycles. The van der Waals surface area contributed by atoms with E-state index in [1.807, 2.05) is 50.2 Å². The Bertz CT molecular complexity index is 1170. The van der Waals surface area contributed by atoms with Crippen LogP contribution in [0.2, 0.25) is 10.0 Å². The van der Waals surface area contributed by atoms with Gasteiger partial charge < -0.3 is 4.57 Å². The van der Waals surface area contributed by atoms with Gasteiger partial charge in [-0.15, -0.1) is 0 Å². The van der Waals surface area contributed by atoms with E-state index in [9.17, 15) is 9.59 Å². The van der Waals surface area contributed by atoms with Crippen LogP contribution in [-0.2, 0) is 11.3 Å². The van der Waals surface area contributed by atoms with Gasteiger partial charge in [-0.1, -0.05) is 47.5 Å². The van der Waals surface area contributed by atoms with Gasteiger partial charge >= 0.3 is 0 Å². The molecule has 0 bridgehead atoms. The van der Waals surface area contributed by atoms with Crippen LogP contribution in [0.5, 0.6) is 0 Å². The van der Waals surface area contributed by atoms with Crippen LogP contribution in [-0.4, -0.2) is 20.6 Å². The second kappa shape index (κ2) is 8.34. The predicted octanol–water partition coefficient (Wildman–Crippen LogP) is 6.64. The third-order valence-electron chi connectivity index (χ3n) is 5.02. The molecule has 4 rings (SSSR count). The number of aryl methyl sites for hydroxylation is 1. The zero-order chi connectivity index (χ0) is 21.4. The Labute approximate surface area is 189 Å². The minimum absolute atomic E-state index is 0.0452. The van der Waals surface area contributed by atoms with Crippen molar-refractivity contribution < 1.29 is 9.59 Å². The van der Waals surface area contributed by atoms with Crippen molar-refractivity contribution >= 4 is 52.2 Å². The minimum atomic E-state index is -0.342. The normalized spacial score (nSPS) is 15.5. The second-order valence-corrected chi connectivity index (χ2v) is 8.77. The number of aromatic nitrogens is 1. The quantitative estimate of drug-likeness (QED) is 0.413. The Morgan fingerprint density at radius 1 is 0.967 bits per heavy atom. The number of hydrogen-bond acceptors (Lipinski definition) is 3. The predicted molar refractivity (Wildman–Crippen MR) is 123 cm³/mol. The SMILES string of the molecule is Cc1cc(/C=C2/SC(=O)N(Cc3c(Cl)cccc3Cl)C2=O)c(C)n1-c1ccccc1. The number of nitrogens with zero attached hydrogens (tertiary/aromatic N) is 2. The molecule has 0 saturated carbocycles. The maximum absolute atomic E-state index is 12.9. The summed E-state index contributed by atoms with van der Waals surface area (Å²) in [5.41, 5.74) is 4.56. The minimum Gasteiger partial charge on any atom is -0.318 e. The number of para-hydroxylation sites is 1. The lowest BCUT2D eigenvalue weighted by Gasteiger charge is -2.14. The Morgan fingerprint density at radius 3 is 2.30 bits per heavy atom. The first-order chi connectivity index (χ1) is 14.4. The fourth-order valence-corrected chi connectivity index (χ4v) is 4.87. The van der Waals surface area contributed by atoms with Crippen LogP contribution < -0.4 is 0 Å². The third kappa shape index (κ3) is 3.81. The highest BCUT2D eigenvalue weighted by Crippen LogP contribution is 2.36. The summed E-state index contributed by atoms with van der Waals surface area (Å²) >= 11 is 13.4. The van der Waals surface area contributed by atoms with Crippen molar-refractivity contribution in [1.82, 2.24) is 9.47 Å². The van der Waals surface area contributed by atoms with Crippen LogP contribution in [0.15, 0.2) is 59.5 Å². The van der Waals surface area contributed by atoms with Crippen LogP contribution in [0.25, 0.3) is 11.8 Å². The van der Waals surface area contributed by atoms with Gasteiger partial charge in [0.2, 0.25) is 0 Å². The summed E-state index contributed by atoms with van der Waals surface area (Å²) in [5, 5.41) is 0.521. The van der Waals surface area contributed by atoms with Crippen molar-refractivity contribution in [3.63, 3.8) is 0 Å². The highest BCUT2D eigenvalue weighted by Gasteiger charge is 2.36. The Balaban J connectivity index is 1.65. The number of rotatable bonds is 4. The first-order valence-corrected chi connectivity index (χ1v) is 10.9. The number of imide groups is 1. The summed E-state index contributed by atoms with van der Waals surface area (Å²) in [5.74, 6) is -0.342. The van der Waals surface area contributed by atoms with Crippen molar-refractivity contribution in [3.8, 4) is 5.69 Å². The number of carbonyl (C=O) groups excluding carboxylic acids is 2. The van der Waals surface area contributed by atoms with E-state index in [2.05, 4.69) is 4.57 Å². The first-order valence-electron chi connectivity index (χ1n) is 9.29. The number of thioether (sulfide) groups is 1. The van der Waals surface area contributed by atoms with Gasteiger partial charge in [0.05, 0.1) is 11.4 Å². The zero-order valence-electron chi connectivity index (χ0n) is 16.4. The van der Waals surface area contributed by atoms with Gasteiger partial charge in [0.15, 0.2) is 0 Å². The molecule has 0 spiro atoms. The molecule has 0 atom stereocenters. The van der Waals surface area contributed by atoms with Gasteiger partial charge in [-0.05, 0) is 67.6 Å². The fourth-order valence-electron chi connectivity index (χ4n) is 3.53. The molecule has 0 radical (unpaired) electrons. The molecule has 1 aliphatic heterocycles. The lowest BCUT2D eigenvalue weighted by molar-refractivity contribution is -0.123. The van der Waals surface area contributed by atoms with E-state index in [0.29, 0.717) is 20.5 Å². The van der Waals surface area contributed by atoms with Crippen LogP contribution in [0.4, 0.5) is 4.79 Å². The maximum Gasteiger partial charge on any atom is 0.293 e. The average molecular weight is 457 g/mol. The van der Waals surface area contributed by atoms with Crippen LogP contribution >= 0.6 is 35.0 Å². The summed E-state index contributed by atoms with van der Waals surface area (Å²) in [7, 11) is 0. The van der Waals surface area contributed by atoms with Crippen molar-refractivity contribution in [2.45, 2.75) is 20.4 Å². The zero-order valence-corrected chi connectivity index (χ0v) is 18.7. The van der Waals surface area contributed by atoms with E-state index < -0.39 is 0 Å². The number of amides is 2. The highest BCUT2D eigenvalue weighted by atomic mass is 35.5. The molecule has 1 aliphatic rings. The molecule has 2 amide bonds. The van der Waals surface area contributed by atoms with Gasteiger partial charge in [0.1, 0.15) is 0 Å². The van der Waals surface area contributed by atoms with Crippen LogP contribution in [0.3, 0.4) is 0 Å². The smallest absolute Gasteiger partial charge is 0.293 e. The third-order valence-corrected chi connectivity index (χ3v) is 6.64. The molecule has 0 unspecified atom stereocenters. The van der Waals surface area contributed by atoms with Crippen LogP contribution in [0.1, 0.15) is 22.5 Å². The first kappa shape index (κ1) is 20.8. The van der Waals surface area contributed by atoms with E-state index >= 15 is 0 Å². The standard InChI is InChI=1S/C23H18Cl2N2O2S/c1-14-11-16(15(2)27(14)17-7-4-3-5-8-17)12-21-22(28)26(23(29)30-21)13-18-19(24)9-6-10-20(18)25/h3-12H,13H2,1-2H3/b21-12+. The molecule has 4 nitrogen and oxygen atoms in total. The summed E-state index contributed by atoms with van der Waals surface area (Å²) in [6.07, 6.45) is 1.78. The molecule has 152 valence electrons. The van der Waals surface area contributed by atoms with E-state index in [0.717, 1.165) is 34.4 Å². The molecule has 0 N–H and O–H groups in total. The largest absolute Gasteiger partial charge is 0.318 e. The van der Waals surface area contributed by atoms with E-state index in [-0.39, 0.29) is 17.7 Å². The average Bonchev–Trinajstić information content (AvgIpc) is 3.14. The Hall–Kier alpha value is -2.47. The van der Waals surface area contributed by atoms with E-state index in [1.165, 1.54) is 4.90 Å². The monoisotopic (exact) mass is 456 g/mol. The summed E-state index contributed by atoms with van der Waals surface area (Å²) < 4.78 is 2.12. The van der Waals surface area contributed by atoms with E-state index in [1.54, 1.807) is 24.3 Å². The number of carbonyl (C=O) groups is 2. The maximum atomic E-state index is 12.9. The Morgan fingerprint density at radius 2 is 1.63 bits per heavy atom. The topological polar surface area (TPSA) is 42.3 Å². The lowest BCUT2D eigenvalue weighted by atomic mass is 10.2. The Kier molecular flexibility index (Phi) is 5.78. The van der Waals surface area contributed by atoms with Crippen molar-refractivity contribution in [3.05, 3.63) is 92.1 Å². The number of halogens is 2. The molecule has 7 heteroatoms. The van der Waals surface area contributed by atoms with Gasteiger partial charge in [-0.25, -0.2) is 0 Å². The number of hydrogen-bond donors (Lipinski definition) is 0. The summed E-state index contributed by atoms with van der Waals surface area (Å²) in [4.78, 5) is 27.0. The molecular weight excluding hydrogens is 439 g/mol. The summed E-state index contributed by atoms with van der Waals surface area (Å²) in [6.45, 7) is 4.06. The van der Waals surface area contributed by atoms with Gasteiger partial charge in [0.25, 0.3) is 11.1 Å². The molecule has 3 aromatic rings. The molecule has 2 heterocycles. The van der Waals surface area contributed by atoms with Crippen molar-refractivity contribution in [2.75, 3.05) is 0 Å². The van der Waals surface area contributed by atoms with Crippen LogP contribution in [0, 0.1) is 13.8 Å². The molecule has 1 fully saturated rings. The van der Waals surface area contributed by atoms with Gasteiger partial charge in [-0.3, -0.25) is 14.5 Å². The second-order valence-electron chi connectivity index (χ2n) is 6.97. The summed E-state index contributed by atoms with van der Waals surface area (Å²) in [6, 6.07) is 17.1. The van der Waals surface area contributed by atoms with Gasteiger partial charge in [0, 0.05) is 32.7 Å². The molecule has 30 heavy (non-hydrogen) atoms. The molecule has 0 aliphatic carbocycles. The lowest BCUT2D eigenvalue weighted by Crippen LogP contribution is -2.27. The van der Waals surface area contributed by atoms with Gasteiger partial charge in [-0.2, -0.15) is 0 Å². The number of benzene rings is 2. The molecular formula is C23H18Cl2N2O2S. The van der Waals surface area contributed by atoms with E-state index in [4.69, 9.17) is 23.2 Å².